The maximum absolute atomic E-state index is 11.7. The molecule has 1 aliphatic carbocycles. The molecule has 0 saturated carbocycles. The summed E-state index contributed by atoms with van der Waals surface area (Å²) in [4.78, 5) is 23.3. The number of ether oxygens (including phenoxy) is 1. The van der Waals surface area contributed by atoms with Gasteiger partial charge in [-0.25, -0.2) is 0 Å². The van der Waals surface area contributed by atoms with E-state index in [0.717, 1.165) is 0 Å². The van der Waals surface area contributed by atoms with Crippen molar-refractivity contribution in [1.29, 1.82) is 0 Å². The molecule has 4 unspecified atom stereocenters. The van der Waals surface area contributed by atoms with E-state index in [1.807, 2.05) is 26.8 Å². The number of allylic oxidation sites excluding steroid dienone is 1. The highest BCUT2D eigenvalue weighted by Crippen LogP contribution is 2.51. The van der Waals surface area contributed by atoms with Gasteiger partial charge in [0.2, 0.25) is 0 Å². The molecule has 3 nitrogen and oxygen atoms in total. The van der Waals surface area contributed by atoms with Gasteiger partial charge in [0.25, 0.3) is 0 Å². The van der Waals surface area contributed by atoms with Crippen LogP contribution >= 0.6 is 0 Å². The van der Waals surface area contributed by atoms with Crippen molar-refractivity contribution < 1.29 is 14.3 Å². The fourth-order valence-electron chi connectivity index (χ4n) is 2.68. The largest absolute Gasteiger partial charge is 0.392 e. The molecule has 0 aromatic rings. The average molecular weight is 208 g/mol. The summed E-state index contributed by atoms with van der Waals surface area (Å²) in [5.41, 5.74) is 0.521. The maximum Gasteiger partial charge on any atom is 0.321 e. The first-order valence-corrected chi connectivity index (χ1v) is 5.33. The monoisotopic (exact) mass is 208 g/mol. The highest BCUT2D eigenvalue weighted by atomic mass is 16.6. The first-order valence-electron chi connectivity index (χ1n) is 5.33. The Morgan fingerprint density at radius 2 is 1.93 bits per heavy atom. The van der Waals surface area contributed by atoms with Crippen LogP contribution in [-0.4, -0.2) is 11.9 Å². The van der Waals surface area contributed by atoms with Crippen molar-refractivity contribution in [3.63, 3.8) is 0 Å². The molecule has 0 aromatic heterocycles. The summed E-state index contributed by atoms with van der Waals surface area (Å²) in [5.74, 6) is -0.659. The van der Waals surface area contributed by atoms with Crippen molar-refractivity contribution in [3.05, 3.63) is 11.6 Å². The molecular weight excluding hydrogens is 192 g/mol. The lowest BCUT2D eigenvalue weighted by molar-refractivity contribution is -0.156. The Morgan fingerprint density at radius 1 is 1.33 bits per heavy atom. The van der Waals surface area contributed by atoms with Crippen LogP contribution in [-0.2, 0) is 14.3 Å². The van der Waals surface area contributed by atoms with E-state index in [-0.39, 0.29) is 23.8 Å². The highest BCUT2D eigenvalue weighted by molar-refractivity contribution is 6.00. The van der Waals surface area contributed by atoms with Gasteiger partial charge in [-0.1, -0.05) is 25.5 Å². The lowest BCUT2D eigenvalue weighted by atomic mass is 9.60. The second-order valence-corrected chi connectivity index (χ2v) is 4.96. The smallest absolute Gasteiger partial charge is 0.321 e. The lowest BCUT2D eigenvalue weighted by Gasteiger charge is -2.39. The molecule has 1 heterocycles. The van der Waals surface area contributed by atoms with Crippen LogP contribution in [0.5, 0.6) is 0 Å². The van der Waals surface area contributed by atoms with Crippen LogP contribution in [0.2, 0.25) is 0 Å². The van der Waals surface area contributed by atoms with E-state index in [4.69, 9.17) is 4.74 Å². The Bertz CT molecular complexity index is 369. The number of rotatable bonds is 0. The van der Waals surface area contributed by atoms with Crippen molar-refractivity contribution >= 4 is 11.9 Å². The van der Waals surface area contributed by atoms with Crippen molar-refractivity contribution in [2.24, 2.45) is 23.2 Å². The van der Waals surface area contributed by atoms with Gasteiger partial charge in [0.05, 0.1) is 11.3 Å². The van der Waals surface area contributed by atoms with Crippen LogP contribution in [0.15, 0.2) is 11.6 Å². The standard InChI is InChI=1S/C12H16O3/c1-6-5-9-10(13)15-11(14)12(9,4)8(3)7(6)2/h5,7-9H,1-4H3. The van der Waals surface area contributed by atoms with E-state index in [9.17, 15) is 9.59 Å². The van der Waals surface area contributed by atoms with Gasteiger partial charge in [0.1, 0.15) is 0 Å². The summed E-state index contributed by atoms with van der Waals surface area (Å²) in [6.45, 7) is 7.97. The first-order chi connectivity index (χ1) is 6.89. The third kappa shape index (κ3) is 1.12. The summed E-state index contributed by atoms with van der Waals surface area (Å²) in [7, 11) is 0. The molecule has 0 N–H and O–H groups in total. The molecule has 15 heavy (non-hydrogen) atoms. The van der Waals surface area contributed by atoms with Crippen LogP contribution in [0.3, 0.4) is 0 Å². The van der Waals surface area contributed by atoms with E-state index in [0.29, 0.717) is 5.92 Å². The number of esters is 2. The van der Waals surface area contributed by atoms with Gasteiger partial charge in [-0.15, -0.1) is 0 Å². The fraction of sp³-hybridized carbons (Fsp3) is 0.667. The zero-order valence-corrected chi connectivity index (χ0v) is 9.53. The van der Waals surface area contributed by atoms with Gasteiger partial charge < -0.3 is 4.74 Å². The molecule has 3 heteroatoms. The van der Waals surface area contributed by atoms with E-state index in [1.54, 1.807) is 0 Å². The Morgan fingerprint density at radius 3 is 2.53 bits per heavy atom. The SMILES string of the molecule is CC1=CC2C(=O)OC(=O)C2(C)C(C)C1C. The third-order valence-corrected chi connectivity index (χ3v) is 4.38. The van der Waals surface area contributed by atoms with E-state index < -0.39 is 5.41 Å². The minimum atomic E-state index is -0.657. The average Bonchev–Trinajstić information content (AvgIpc) is 2.39. The molecule has 0 spiro atoms. The summed E-state index contributed by atoms with van der Waals surface area (Å²) in [6.07, 6.45) is 1.90. The topological polar surface area (TPSA) is 43.4 Å². The minimum Gasteiger partial charge on any atom is -0.392 e. The Labute approximate surface area is 89.5 Å². The van der Waals surface area contributed by atoms with Gasteiger partial charge in [0, 0.05) is 0 Å². The number of carbonyl (C=O) groups is 2. The van der Waals surface area contributed by atoms with Crippen LogP contribution in [0.1, 0.15) is 27.7 Å². The number of cyclic esters (lactones) is 2. The van der Waals surface area contributed by atoms with Crippen LogP contribution in [0, 0.1) is 23.2 Å². The number of hydrogen-bond donors (Lipinski definition) is 0. The second-order valence-electron chi connectivity index (χ2n) is 4.96. The van der Waals surface area contributed by atoms with Crippen molar-refractivity contribution in [1.82, 2.24) is 0 Å². The molecule has 0 radical (unpaired) electrons. The molecule has 0 bridgehead atoms. The zero-order chi connectivity index (χ0) is 11.4. The van der Waals surface area contributed by atoms with Crippen molar-refractivity contribution in [3.8, 4) is 0 Å². The predicted molar refractivity (Wildman–Crippen MR) is 54.8 cm³/mol. The normalized spacial score (nSPS) is 44.8. The molecular formula is C12H16O3. The van der Waals surface area contributed by atoms with Gasteiger partial charge >= 0.3 is 11.9 Å². The molecule has 1 aliphatic heterocycles. The Kier molecular flexibility index (Phi) is 2.04. The second kappa shape index (κ2) is 2.94. The molecule has 0 aromatic carbocycles. The molecule has 1 saturated heterocycles. The van der Waals surface area contributed by atoms with Gasteiger partial charge in [-0.05, 0) is 25.7 Å². The maximum atomic E-state index is 11.7. The van der Waals surface area contributed by atoms with Gasteiger partial charge in [0.15, 0.2) is 0 Å². The Balaban J connectivity index is 2.54. The lowest BCUT2D eigenvalue weighted by Crippen LogP contribution is -2.42. The van der Waals surface area contributed by atoms with Crippen molar-refractivity contribution in [2.75, 3.05) is 0 Å². The van der Waals surface area contributed by atoms with E-state index in [2.05, 4.69) is 6.92 Å². The third-order valence-electron chi connectivity index (χ3n) is 4.38. The van der Waals surface area contributed by atoms with Crippen molar-refractivity contribution in [2.45, 2.75) is 27.7 Å². The summed E-state index contributed by atoms with van der Waals surface area (Å²) in [6, 6.07) is 0. The number of carbonyl (C=O) groups excluding carboxylic acids is 2. The molecule has 2 aliphatic rings. The first kappa shape index (κ1) is 10.4. The van der Waals surface area contributed by atoms with Gasteiger partial charge in [-0.2, -0.15) is 0 Å². The summed E-state index contributed by atoms with van der Waals surface area (Å²) in [5, 5.41) is 0. The van der Waals surface area contributed by atoms with Crippen LogP contribution in [0.4, 0.5) is 0 Å². The quantitative estimate of drug-likeness (QED) is 0.347. The van der Waals surface area contributed by atoms with Gasteiger partial charge in [-0.3, -0.25) is 9.59 Å². The number of fused-ring (bicyclic) bond motifs is 1. The molecule has 2 rings (SSSR count). The highest BCUT2D eigenvalue weighted by Gasteiger charge is 2.59. The molecule has 4 atom stereocenters. The molecule has 1 fully saturated rings. The van der Waals surface area contributed by atoms with Crippen LogP contribution < -0.4 is 0 Å². The fourth-order valence-corrected chi connectivity index (χ4v) is 2.68. The van der Waals surface area contributed by atoms with Crippen LogP contribution in [0.25, 0.3) is 0 Å². The minimum absolute atomic E-state index is 0.145. The zero-order valence-electron chi connectivity index (χ0n) is 9.53. The summed E-state index contributed by atoms with van der Waals surface area (Å²) >= 11 is 0. The van der Waals surface area contributed by atoms with E-state index >= 15 is 0 Å². The molecule has 0 amide bonds. The Hall–Kier alpha value is -1.12. The number of hydrogen-bond acceptors (Lipinski definition) is 3. The predicted octanol–water partition coefficient (Wildman–Crippen LogP) is 1.92. The van der Waals surface area contributed by atoms with E-state index in [1.165, 1.54) is 5.57 Å². The summed E-state index contributed by atoms with van der Waals surface area (Å²) < 4.78 is 4.76. The molecule has 82 valence electrons.